The number of nitrogens with zero attached hydrogens (tertiary/aromatic N) is 1. The Morgan fingerprint density at radius 2 is 0.976 bits per heavy atom. The molecule has 0 radical (unpaired) electrons. The van der Waals surface area contributed by atoms with Crippen LogP contribution in [0.1, 0.15) is 25.6 Å². The number of carbonyl (C=O) groups excluding carboxylic acids is 2. The molecule has 0 amide bonds. The van der Waals surface area contributed by atoms with Gasteiger partial charge in [0.1, 0.15) is 5.00 Å². The van der Waals surface area contributed by atoms with Crippen LogP contribution in [-0.2, 0) is 0 Å². The Bertz CT molecular complexity index is 2110. The zero-order chi connectivity index (χ0) is 28.2. The lowest BCUT2D eigenvalue weighted by molar-refractivity contribution is 0.0990. The van der Waals surface area contributed by atoms with Crippen molar-refractivity contribution in [3.8, 4) is 0 Å². The highest BCUT2D eigenvalue weighted by molar-refractivity contribution is 7.17. The molecule has 0 fully saturated rings. The summed E-state index contributed by atoms with van der Waals surface area (Å²) in [5.74, 6) is -0.425. The third-order valence-corrected chi connectivity index (χ3v) is 9.02. The molecule has 0 spiro atoms. The van der Waals surface area contributed by atoms with E-state index in [0.29, 0.717) is 11.1 Å². The molecule has 1 heterocycles. The molecule has 0 N–H and O–H groups in total. The van der Waals surface area contributed by atoms with Crippen LogP contribution in [0, 0.1) is 0 Å². The Kier molecular flexibility index (Phi) is 5.62. The van der Waals surface area contributed by atoms with Crippen LogP contribution in [0.5, 0.6) is 0 Å². The fourth-order valence-electron chi connectivity index (χ4n) is 6.00. The van der Waals surface area contributed by atoms with E-state index in [4.69, 9.17) is 0 Å². The standard InChI is InChI=1S/C38H23NO2S/c40-37-31-21-26-11-1-2-12-27(26)22-32(31)38(41)33(37)23-28-19-20-36(42-28)39(34-17-7-13-24-9-3-5-15-29(24)34)35-18-8-14-25-10-4-6-16-30(25)35/h1-23H. The maximum absolute atomic E-state index is 13.4. The number of fused-ring (bicyclic) bond motifs is 4. The third-order valence-electron chi connectivity index (χ3n) is 8.00. The molecule has 0 aliphatic heterocycles. The molecule has 0 atom stereocenters. The Balaban J connectivity index is 1.27. The summed E-state index contributed by atoms with van der Waals surface area (Å²) >= 11 is 1.57. The van der Waals surface area contributed by atoms with Gasteiger partial charge >= 0.3 is 0 Å². The minimum absolute atomic E-state index is 0.212. The quantitative estimate of drug-likeness (QED) is 0.160. The fraction of sp³-hybridized carbons (Fsp3) is 0. The van der Waals surface area contributed by atoms with Crippen molar-refractivity contribution in [2.45, 2.75) is 0 Å². The first-order valence-electron chi connectivity index (χ1n) is 13.9. The summed E-state index contributed by atoms with van der Waals surface area (Å²) in [6.45, 7) is 0. The highest BCUT2D eigenvalue weighted by atomic mass is 32.1. The third kappa shape index (κ3) is 3.88. The molecule has 6 aromatic carbocycles. The molecule has 3 nitrogen and oxygen atoms in total. The van der Waals surface area contributed by atoms with Gasteiger partial charge in [0.05, 0.1) is 16.9 Å². The zero-order valence-electron chi connectivity index (χ0n) is 22.5. The lowest BCUT2D eigenvalue weighted by Gasteiger charge is -2.26. The van der Waals surface area contributed by atoms with E-state index in [1.165, 1.54) is 0 Å². The van der Waals surface area contributed by atoms with Gasteiger partial charge in [0.15, 0.2) is 11.6 Å². The monoisotopic (exact) mass is 557 g/mol. The summed E-state index contributed by atoms with van der Waals surface area (Å²) in [4.78, 5) is 30.0. The van der Waals surface area contributed by atoms with Gasteiger partial charge < -0.3 is 4.90 Å². The molecule has 8 rings (SSSR count). The van der Waals surface area contributed by atoms with E-state index in [1.54, 1.807) is 17.4 Å². The predicted octanol–water partition coefficient (Wildman–Crippen LogP) is 10.1. The van der Waals surface area contributed by atoms with Crippen LogP contribution in [0.2, 0.25) is 0 Å². The van der Waals surface area contributed by atoms with Gasteiger partial charge in [-0.15, -0.1) is 11.3 Å². The lowest BCUT2D eigenvalue weighted by Crippen LogP contribution is -2.09. The van der Waals surface area contributed by atoms with Gasteiger partial charge in [0, 0.05) is 26.8 Å². The number of allylic oxidation sites excluding steroid dienone is 1. The summed E-state index contributed by atoms with van der Waals surface area (Å²) in [7, 11) is 0. The molecule has 0 unspecified atom stereocenters. The molecule has 1 aliphatic carbocycles. The van der Waals surface area contributed by atoms with Crippen LogP contribution in [-0.4, -0.2) is 11.6 Å². The summed E-state index contributed by atoms with van der Waals surface area (Å²) in [5, 5.41) is 7.51. The molecule has 1 aliphatic rings. The maximum Gasteiger partial charge on any atom is 0.197 e. The Morgan fingerprint density at radius 1 is 0.500 bits per heavy atom. The van der Waals surface area contributed by atoms with Crippen LogP contribution in [0.4, 0.5) is 16.4 Å². The van der Waals surface area contributed by atoms with Gasteiger partial charge in [0.2, 0.25) is 0 Å². The average Bonchev–Trinajstić information content (AvgIpc) is 3.59. The van der Waals surface area contributed by atoms with E-state index in [2.05, 4.69) is 95.9 Å². The smallest absolute Gasteiger partial charge is 0.197 e. The van der Waals surface area contributed by atoms with Gasteiger partial charge in [-0.05, 0) is 64.0 Å². The van der Waals surface area contributed by atoms with Gasteiger partial charge in [-0.2, -0.15) is 0 Å². The van der Waals surface area contributed by atoms with Crippen LogP contribution in [0.15, 0.2) is 139 Å². The van der Waals surface area contributed by atoms with Crippen LogP contribution in [0.25, 0.3) is 38.4 Å². The first kappa shape index (κ1) is 24.5. The zero-order valence-corrected chi connectivity index (χ0v) is 23.3. The number of hydrogen-bond acceptors (Lipinski definition) is 4. The number of Topliss-reactive ketones (excluding diaryl/α,β-unsaturated/α-hetero) is 2. The number of thiophene rings is 1. The summed E-state index contributed by atoms with van der Waals surface area (Å²) < 4.78 is 0. The van der Waals surface area contributed by atoms with Gasteiger partial charge in [0.25, 0.3) is 0 Å². The van der Waals surface area contributed by atoms with E-state index in [-0.39, 0.29) is 17.1 Å². The normalized spacial score (nSPS) is 12.8. The minimum atomic E-state index is -0.212. The Morgan fingerprint density at radius 3 is 1.52 bits per heavy atom. The summed E-state index contributed by atoms with van der Waals surface area (Å²) in [5.41, 5.74) is 3.32. The first-order valence-corrected chi connectivity index (χ1v) is 14.7. The Hall–Kier alpha value is -5.32. The van der Waals surface area contributed by atoms with Crippen molar-refractivity contribution in [3.05, 3.63) is 155 Å². The van der Waals surface area contributed by atoms with Crippen molar-refractivity contribution < 1.29 is 9.59 Å². The fourth-order valence-corrected chi connectivity index (χ4v) is 6.97. The van der Waals surface area contributed by atoms with E-state index in [9.17, 15) is 9.59 Å². The Labute approximate surface area is 246 Å². The maximum atomic E-state index is 13.4. The minimum Gasteiger partial charge on any atom is -0.301 e. The molecule has 198 valence electrons. The van der Waals surface area contributed by atoms with Gasteiger partial charge in [-0.3, -0.25) is 9.59 Å². The predicted molar refractivity (Wildman–Crippen MR) is 175 cm³/mol. The largest absolute Gasteiger partial charge is 0.301 e. The molecule has 0 bridgehead atoms. The van der Waals surface area contributed by atoms with Crippen LogP contribution in [0.3, 0.4) is 0 Å². The van der Waals surface area contributed by atoms with Crippen molar-refractivity contribution in [2.24, 2.45) is 0 Å². The van der Waals surface area contributed by atoms with E-state index < -0.39 is 0 Å². The highest BCUT2D eigenvalue weighted by Crippen LogP contribution is 2.45. The first-order chi connectivity index (χ1) is 20.7. The van der Waals surface area contributed by atoms with Crippen molar-refractivity contribution in [2.75, 3.05) is 4.90 Å². The van der Waals surface area contributed by atoms with Crippen molar-refractivity contribution in [3.63, 3.8) is 0 Å². The van der Waals surface area contributed by atoms with E-state index in [0.717, 1.165) is 53.6 Å². The molecule has 42 heavy (non-hydrogen) atoms. The van der Waals surface area contributed by atoms with Crippen LogP contribution >= 0.6 is 11.3 Å². The SMILES string of the molecule is O=C1C(=Cc2ccc(N(c3cccc4ccccc34)c3cccc4ccccc34)s2)C(=O)c2cc3ccccc3cc21. The number of benzene rings is 6. The second-order valence-electron chi connectivity index (χ2n) is 10.5. The molecule has 0 saturated carbocycles. The average molecular weight is 558 g/mol. The molecular formula is C38H23NO2S. The van der Waals surface area contributed by atoms with Gasteiger partial charge in [-0.25, -0.2) is 0 Å². The van der Waals surface area contributed by atoms with E-state index >= 15 is 0 Å². The second kappa shape index (κ2) is 9.65. The number of ketones is 2. The number of rotatable bonds is 4. The lowest BCUT2D eigenvalue weighted by atomic mass is 10.0. The molecular weight excluding hydrogens is 534 g/mol. The molecule has 1 aromatic heterocycles. The molecule has 0 saturated heterocycles. The van der Waals surface area contributed by atoms with Crippen molar-refractivity contribution in [1.82, 2.24) is 0 Å². The molecule has 7 aromatic rings. The summed E-state index contributed by atoms with van der Waals surface area (Å²) in [6, 6.07) is 45.1. The second-order valence-corrected chi connectivity index (χ2v) is 11.6. The number of anilines is 3. The van der Waals surface area contributed by atoms with Crippen molar-refractivity contribution >= 4 is 77.7 Å². The van der Waals surface area contributed by atoms with Crippen LogP contribution < -0.4 is 4.90 Å². The number of hydrogen-bond donors (Lipinski definition) is 0. The number of carbonyl (C=O) groups is 2. The van der Waals surface area contributed by atoms with E-state index in [1.807, 2.05) is 42.5 Å². The topological polar surface area (TPSA) is 37.4 Å². The van der Waals surface area contributed by atoms with Gasteiger partial charge in [-0.1, -0.05) is 97.1 Å². The molecule has 4 heteroatoms. The van der Waals surface area contributed by atoms with Crippen molar-refractivity contribution in [1.29, 1.82) is 0 Å². The highest BCUT2D eigenvalue weighted by Gasteiger charge is 2.33. The summed E-state index contributed by atoms with van der Waals surface area (Å²) in [6.07, 6.45) is 1.76.